The Morgan fingerprint density at radius 1 is 1.23 bits per heavy atom. The van der Waals surface area contributed by atoms with Gasteiger partial charge in [0.1, 0.15) is 17.9 Å². The van der Waals surface area contributed by atoms with E-state index in [0.717, 1.165) is 30.6 Å². The van der Waals surface area contributed by atoms with Crippen molar-refractivity contribution in [2.24, 2.45) is 0 Å². The van der Waals surface area contributed by atoms with Crippen molar-refractivity contribution >= 4 is 5.57 Å². The molecule has 1 aromatic carbocycles. The van der Waals surface area contributed by atoms with Gasteiger partial charge in [-0.25, -0.2) is 0 Å². The Kier molecular flexibility index (Phi) is 6.08. The minimum atomic E-state index is -1.12. The van der Waals surface area contributed by atoms with Crippen LogP contribution >= 0.6 is 0 Å². The van der Waals surface area contributed by atoms with Crippen LogP contribution in [0.2, 0.25) is 0 Å². The van der Waals surface area contributed by atoms with E-state index in [2.05, 4.69) is 29.0 Å². The van der Waals surface area contributed by atoms with Gasteiger partial charge in [-0.3, -0.25) is 9.78 Å². The smallest absolute Gasteiger partial charge is 0.300 e. The van der Waals surface area contributed by atoms with E-state index in [0.29, 0.717) is 17.6 Å². The number of allylic oxidation sites excluding steroid dienone is 1. The molecule has 30 heavy (non-hydrogen) atoms. The zero-order valence-corrected chi connectivity index (χ0v) is 17.4. The number of aliphatic hydroxyl groups excluding tert-OH is 1. The van der Waals surface area contributed by atoms with Crippen LogP contribution in [0.5, 0.6) is 17.6 Å². The maximum atomic E-state index is 12.6. The van der Waals surface area contributed by atoms with Crippen LogP contribution in [0, 0.1) is 0 Å². The van der Waals surface area contributed by atoms with Crippen molar-refractivity contribution in [2.45, 2.75) is 71.4 Å². The zero-order chi connectivity index (χ0) is 21.1. The van der Waals surface area contributed by atoms with Gasteiger partial charge in [-0.15, -0.1) is 0 Å². The second-order valence-electron chi connectivity index (χ2n) is 7.71. The number of aromatic nitrogens is 2. The van der Waals surface area contributed by atoms with E-state index in [1.807, 2.05) is 13.0 Å². The molecule has 160 valence electrons. The molecule has 2 aliphatic rings. The number of nitrogens with zero attached hydrogens (tertiary/aromatic N) is 1. The number of aromatic amines is 1. The number of aliphatic hydroxyl groups is 1. The topological polar surface area (TPSA) is 93.7 Å². The Labute approximate surface area is 175 Å². The van der Waals surface area contributed by atoms with Gasteiger partial charge in [0.2, 0.25) is 12.2 Å². The molecule has 1 unspecified atom stereocenters. The third-order valence-corrected chi connectivity index (χ3v) is 5.64. The van der Waals surface area contributed by atoms with Crippen LogP contribution in [0.25, 0.3) is 5.57 Å². The molecule has 0 spiro atoms. The Morgan fingerprint density at radius 3 is 2.77 bits per heavy atom. The maximum Gasteiger partial charge on any atom is 0.300 e. The van der Waals surface area contributed by atoms with Crippen molar-refractivity contribution in [3.8, 4) is 17.6 Å². The molecular formula is C23H28N2O5. The summed E-state index contributed by atoms with van der Waals surface area (Å²) in [7, 11) is 0. The molecule has 0 saturated heterocycles. The molecule has 0 bridgehead atoms. The summed E-state index contributed by atoms with van der Waals surface area (Å²) >= 11 is 0. The minimum Gasteiger partial charge on any atom is -0.490 e. The van der Waals surface area contributed by atoms with E-state index in [1.54, 1.807) is 0 Å². The summed E-state index contributed by atoms with van der Waals surface area (Å²) in [6.07, 6.45) is 6.67. The maximum absolute atomic E-state index is 12.6. The van der Waals surface area contributed by atoms with Gasteiger partial charge in [0.25, 0.3) is 11.6 Å². The highest BCUT2D eigenvalue weighted by atomic mass is 16.6. The van der Waals surface area contributed by atoms with Crippen LogP contribution in [0.3, 0.4) is 0 Å². The Balaban J connectivity index is 1.56. The average Bonchev–Trinajstić information content (AvgIpc) is 3.25. The predicted octanol–water partition coefficient (Wildman–Crippen LogP) is 3.74. The second kappa shape index (κ2) is 8.92. The van der Waals surface area contributed by atoms with Gasteiger partial charge >= 0.3 is 0 Å². The van der Waals surface area contributed by atoms with Crippen LogP contribution in [-0.2, 0) is 13.0 Å². The van der Waals surface area contributed by atoms with Gasteiger partial charge in [-0.2, -0.15) is 4.98 Å². The summed E-state index contributed by atoms with van der Waals surface area (Å²) in [6, 6.07) is 6.19. The van der Waals surface area contributed by atoms with Gasteiger partial charge in [0.05, 0.1) is 6.10 Å². The first-order valence-corrected chi connectivity index (χ1v) is 10.7. The SMILES string of the molecule is CCC1=CC(O)Oc2nc(OCc3cc(CC)ccc3OC3CCCC3)[nH]c(=O)c21. The molecule has 1 aromatic heterocycles. The summed E-state index contributed by atoms with van der Waals surface area (Å²) in [5.41, 5.74) is 2.79. The molecule has 1 fully saturated rings. The zero-order valence-electron chi connectivity index (χ0n) is 17.4. The Bertz CT molecular complexity index is 992. The van der Waals surface area contributed by atoms with E-state index < -0.39 is 6.29 Å². The molecule has 2 heterocycles. The lowest BCUT2D eigenvalue weighted by Gasteiger charge is -2.20. The Hall–Kier alpha value is -2.80. The number of benzene rings is 1. The van der Waals surface area contributed by atoms with Crippen molar-refractivity contribution in [1.29, 1.82) is 0 Å². The van der Waals surface area contributed by atoms with Crippen molar-refractivity contribution in [1.82, 2.24) is 9.97 Å². The highest BCUT2D eigenvalue weighted by Gasteiger charge is 2.24. The first-order valence-electron chi connectivity index (χ1n) is 10.7. The normalized spacial score (nSPS) is 18.5. The third-order valence-electron chi connectivity index (χ3n) is 5.64. The third kappa shape index (κ3) is 4.36. The minimum absolute atomic E-state index is 0.0528. The van der Waals surface area contributed by atoms with Gasteiger partial charge in [-0.1, -0.05) is 19.9 Å². The molecule has 1 saturated carbocycles. The summed E-state index contributed by atoms with van der Waals surface area (Å²) < 4.78 is 17.4. The van der Waals surface area contributed by atoms with Crippen LogP contribution < -0.4 is 19.8 Å². The van der Waals surface area contributed by atoms with Crippen LogP contribution in [0.4, 0.5) is 0 Å². The van der Waals surface area contributed by atoms with Crippen LogP contribution in [0.1, 0.15) is 62.6 Å². The summed E-state index contributed by atoms with van der Waals surface area (Å²) in [5, 5.41) is 9.87. The second-order valence-corrected chi connectivity index (χ2v) is 7.71. The fourth-order valence-electron chi connectivity index (χ4n) is 3.98. The molecular weight excluding hydrogens is 384 g/mol. The summed E-state index contributed by atoms with van der Waals surface area (Å²) in [5.74, 6) is 0.896. The van der Waals surface area contributed by atoms with Gasteiger partial charge < -0.3 is 19.3 Å². The molecule has 7 heteroatoms. The number of hydrogen-bond acceptors (Lipinski definition) is 6. The molecule has 7 nitrogen and oxygen atoms in total. The highest BCUT2D eigenvalue weighted by Crippen LogP contribution is 2.31. The van der Waals surface area contributed by atoms with Crippen molar-refractivity contribution in [3.05, 3.63) is 51.3 Å². The number of rotatable bonds is 7. The standard InChI is InChI=1S/C23H28N2O5/c1-3-14-9-10-18(29-17-7-5-6-8-17)16(11-14)13-28-23-24-21(27)20-15(4-2)12-19(26)30-22(20)25-23/h9-12,17,19,26H,3-8,13H2,1-2H3,(H,24,25,27). The van der Waals surface area contributed by atoms with Crippen molar-refractivity contribution in [3.63, 3.8) is 0 Å². The number of ether oxygens (including phenoxy) is 3. The van der Waals surface area contributed by atoms with E-state index in [1.165, 1.54) is 24.5 Å². The van der Waals surface area contributed by atoms with Crippen LogP contribution in [-0.4, -0.2) is 27.5 Å². The van der Waals surface area contributed by atoms with Crippen molar-refractivity contribution in [2.75, 3.05) is 0 Å². The monoisotopic (exact) mass is 412 g/mol. The quantitative estimate of drug-likeness (QED) is 0.720. The number of fused-ring (bicyclic) bond motifs is 1. The lowest BCUT2D eigenvalue weighted by Crippen LogP contribution is -2.25. The molecule has 4 rings (SSSR count). The molecule has 1 aliphatic heterocycles. The van der Waals surface area contributed by atoms with E-state index in [-0.39, 0.29) is 30.2 Å². The average molecular weight is 412 g/mol. The fourth-order valence-corrected chi connectivity index (χ4v) is 3.98. The van der Waals surface area contributed by atoms with Gasteiger partial charge in [-0.05, 0) is 67.9 Å². The molecule has 0 radical (unpaired) electrons. The lowest BCUT2D eigenvalue weighted by atomic mass is 10.0. The molecule has 1 aliphatic carbocycles. The van der Waals surface area contributed by atoms with E-state index >= 15 is 0 Å². The number of nitrogens with one attached hydrogen (secondary N) is 1. The van der Waals surface area contributed by atoms with Gasteiger partial charge in [0.15, 0.2) is 0 Å². The number of hydrogen-bond donors (Lipinski definition) is 2. The van der Waals surface area contributed by atoms with Gasteiger partial charge in [0, 0.05) is 5.56 Å². The molecule has 2 N–H and O–H groups in total. The first kappa shape index (κ1) is 20.5. The Morgan fingerprint density at radius 2 is 2.03 bits per heavy atom. The number of H-pyrrole nitrogens is 1. The van der Waals surface area contributed by atoms with E-state index in [4.69, 9.17) is 14.2 Å². The first-order chi connectivity index (χ1) is 14.6. The number of aryl methyl sites for hydroxylation is 1. The lowest BCUT2D eigenvalue weighted by molar-refractivity contribution is 0.0176. The van der Waals surface area contributed by atoms with E-state index in [9.17, 15) is 9.90 Å². The molecule has 1 atom stereocenters. The van der Waals surface area contributed by atoms with Crippen molar-refractivity contribution < 1.29 is 19.3 Å². The summed E-state index contributed by atoms with van der Waals surface area (Å²) in [6.45, 7) is 4.21. The molecule has 0 amide bonds. The highest BCUT2D eigenvalue weighted by molar-refractivity contribution is 5.70. The predicted molar refractivity (Wildman–Crippen MR) is 113 cm³/mol. The molecule has 2 aromatic rings. The fraction of sp³-hybridized carbons (Fsp3) is 0.478. The van der Waals surface area contributed by atoms with Crippen LogP contribution in [0.15, 0.2) is 29.1 Å². The largest absolute Gasteiger partial charge is 0.490 e. The summed E-state index contributed by atoms with van der Waals surface area (Å²) in [4.78, 5) is 19.5.